The number of pyridine rings is 1. The molecule has 4 N–H and O–H groups in total. The van der Waals surface area contributed by atoms with Gasteiger partial charge in [-0.25, -0.2) is 15.0 Å². The maximum atomic E-state index is 11.9. The highest BCUT2D eigenvalue weighted by molar-refractivity contribution is 8.18. The number of piperidine rings is 1. The number of ether oxygens (including phenoxy) is 1. The number of hydrogen-bond donors (Lipinski definition) is 3. The first-order valence-electron chi connectivity index (χ1n) is 14.1. The highest BCUT2D eigenvalue weighted by Crippen LogP contribution is 2.29. The van der Waals surface area contributed by atoms with Crippen LogP contribution in [0.15, 0.2) is 83.9 Å². The number of hydrogen-bond acceptors (Lipinski definition) is 10. The van der Waals surface area contributed by atoms with Crippen LogP contribution in [0.4, 0.5) is 16.6 Å². The Kier molecular flexibility index (Phi) is 8.62. The van der Waals surface area contributed by atoms with E-state index in [0.29, 0.717) is 34.8 Å². The summed E-state index contributed by atoms with van der Waals surface area (Å²) in [5.74, 6) is 2.79. The average Bonchev–Trinajstić information content (AvgIpc) is 3.35. The second kappa shape index (κ2) is 13.1. The molecule has 4 aromatic rings. The Hall–Kier alpha value is -4.74. The van der Waals surface area contributed by atoms with Crippen molar-refractivity contribution in [2.75, 3.05) is 30.3 Å². The fraction of sp³-hybridized carbons (Fsp3) is 0.219. The van der Waals surface area contributed by atoms with Gasteiger partial charge in [0, 0.05) is 31.4 Å². The molecule has 0 atom stereocenters. The van der Waals surface area contributed by atoms with Crippen LogP contribution >= 0.6 is 11.8 Å². The first-order chi connectivity index (χ1) is 21.0. The van der Waals surface area contributed by atoms with E-state index in [1.807, 2.05) is 66.7 Å². The predicted octanol–water partition coefficient (Wildman–Crippen LogP) is 5.24. The molecule has 2 saturated heterocycles. The number of thioether (sulfide) groups is 1. The van der Waals surface area contributed by atoms with E-state index in [2.05, 4.69) is 30.5 Å². The molecular weight excluding hydrogens is 562 g/mol. The molecule has 11 heteroatoms. The van der Waals surface area contributed by atoms with Crippen LogP contribution in [0, 0.1) is 5.92 Å². The van der Waals surface area contributed by atoms with E-state index in [1.165, 1.54) is 0 Å². The summed E-state index contributed by atoms with van der Waals surface area (Å²) in [5, 5.41) is 5.52. The lowest BCUT2D eigenvalue weighted by atomic mass is 9.96. The smallest absolute Gasteiger partial charge is 0.290 e. The Balaban J connectivity index is 1.02. The van der Waals surface area contributed by atoms with Gasteiger partial charge in [-0.1, -0.05) is 24.3 Å². The monoisotopic (exact) mass is 593 g/mol. The predicted molar refractivity (Wildman–Crippen MR) is 168 cm³/mol. The Bertz CT molecular complexity index is 1640. The molecule has 2 fully saturated rings. The second-order valence-corrected chi connectivity index (χ2v) is 11.4. The van der Waals surface area contributed by atoms with E-state index in [9.17, 15) is 9.59 Å². The number of rotatable bonds is 9. The van der Waals surface area contributed by atoms with Crippen molar-refractivity contribution in [2.45, 2.75) is 19.4 Å². The SMILES string of the molecule is Nc1ccc(CNCC2CCN(c3nccc(C=C4SC(=O)NC4=O)n3)CC2)c(-c2ccc(Oc3ccccc3)cc2)n1. The van der Waals surface area contributed by atoms with Crippen molar-refractivity contribution in [3.63, 3.8) is 0 Å². The van der Waals surface area contributed by atoms with Gasteiger partial charge in [0.1, 0.15) is 17.3 Å². The van der Waals surface area contributed by atoms with Gasteiger partial charge in [-0.15, -0.1) is 0 Å². The van der Waals surface area contributed by atoms with Crippen molar-refractivity contribution in [3.05, 3.63) is 95.2 Å². The number of amides is 2. The molecule has 10 nitrogen and oxygen atoms in total. The number of nitrogens with one attached hydrogen (secondary N) is 2. The summed E-state index contributed by atoms with van der Waals surface area (Å²) in [6.45, 7) is 3.24. The van der Waals surface area contributed by atoms with Crippen LogP contribution in [0.25, 0.3) is 17.3 Å². The van der Waals surface area contributed by atoms with Gasteiger partial charge in [0.25, 0.3) is 11.1 Å². The molecule has 0 saturated carbocycles. The van der Waals surface area contributed by atoms with Gasteiger partial charge in [-0.3, -0.25) is 14.9 Å². The zero-order valence-electron chi connectivity index (χ0n) is 23.4. The van der Waals surface area contributed by atoms with Gasteiger partial charge in [0.15, 0.2) is 0 Å². The van der Waals surface area contributed by atoms with Gasteiger partial charge < -0.3 is 20.7 Å². The van der Waals surface area contributed by atoms with Crippen molar-refractivity contribution in [1.82, 2.24) is 25.6 Å². The number of nitrogen functional groups attached to an aromatic ring is 1. The minimum absolute atomic E-state index is 0.341. The minimum atomic E-state index is -0.392. The summed E-state index contributed by atoms with van der Waals surface area (Å²) in [5.41, 5.74) is 9.59. The van der Waals surface area contributed by atoms with Crippen LogP contribution in [0.2, 0.25) is 0 Å². The van der Waals surface area contributed by atoms with Crippen LogP contribution in [0.5, 0.6) is 11.5 Å². The number of benzene rings is 2. The van der Waals surface area contributed by atoms with Gasteiger partial charge >= 0.3 is 0 Å². The van der Waals surface area contributed by atoms with E-state index in [1.54, 1.807) is 18.3 Å². The fourth-order valence-electron chi connectivity index (χ4n) is 5.10. The molecule has 218 valence electrons. The summed E-state index contributed by atoms with van der Waals surface area (Å²) in [4.78, 5) is 39.5. The molecule has 43 heavy (non-hydrogen) atoms. The summed E-state index contributed by atoms with van der Waals surface area (Å²) < 4.78 is 5.93. The van der Waals surface area contributed by atoms with Crippen LogP contribution in [-0.4, -0.2) is 45.7 Å². The van der Waals surface area contributed by atoms with Crippen molar-refractivity contribution in [2.24, 2.45) is 5.92 Å². The molecule has 2 aliphatic heterocycles. The van der Waals surface area contributed by atoms with Gasteiger partial charge in [-0.05, 0) is 97.2 Å². The topological polar surface area (TPSA) is 135 Å². The lowest BCUT2D eigenvalue weighted by Gasteiger charge is -2.32. The zero-order valence-corrected chi connectivity index (χ0v) is 24.2. The standard InChI is InChI=1S/C32H31N7O3S/c33-28-11-8-23(29(37-28)22-6-9-26(10-7-22)42-25-4-2-1-3-5-25)20-34-19-21-13-16-39(17-14-21)31-35-15-12-24(36-31)18-27-30(40)38-32(41)43-27/h1-12,15,18,21,34H,13-14,16-17,19-20H2,(H2,33,37)(H,38,40,41). The summed E-state index contributed by atoms with van der Waals surface area (Å²) >= 11 is 0.882. The third-order valence-corrected chi connectivity index (χ3v) is 8.15. The quantitative estimate of drug-likeness (QED) is 0.221. The number of nitrogens with zero attached hydrogens (tertiary/aromatic N) is 4. The van der Waals surface area contributed by atoms with E-state index >= 15 is 0 Å². The normalized spacial score (nSPS) is 16.5. The third-order valence-electron chi connectivity index (χ3n) is 7.34. The van der Waals surface area contributed by atoms with Crippen molar-refractivity contribution < 1.29 is 14.3 Å². The zero-order chi connectivity index (χ0) is 29.6. The van der Waals surface area contributed by atoms with Crippen LogP contribution in [0.1, 0.15) is 24.1 Å². The van der Waals surface area contributed by atoms with Gasteiger partial charge in [0.05, 0.1) is 16.3 Å². The Morgan fingerprint density at radius 2 is 1.74 bits per heavy atom. The Morgan fingerprint density at radius 1 is 0.977 bits per heavy atom. The van der Waals surface area contributed by atoms with Gasteiger partial charge in [0.2, 0.25) is 5.95 Å². The summed E-state index contributed by atoms with van der Waals surface area (Å²) in [6, 6.07) is 23.2. The number of nitrogens with two attached hydrogens (primary N) is 1. The van der Waals surface area contributed by atoms with E-state index in [4.69, 9.17) is 10.5 Å². The highest BCUT2D eigenvalue weighted by atomic mass is 32.2. The first-order valence-corrected chi connectivity index (χ1v) is 14.9. The number of imide groups is 1. The molecule has 0 bridgehead atoms. The maximum Gasteiger partial charge on any atom is 0.290 e. The van der Waals surface area contributed by atoms with E-state index in [-0.39, 0.29) is 5.24 Å². The van der Waals surface area contributed by atoms with E-state index < -0.39 is 5.91 Å². The molecule has 6 rings (SSSR count). The van der Waals surface area contributed by atoms with Crippen molar-refractivity contribution in [3.8, 4) is 22.8 Å². The molecule has 0 radical (unpaired) electrons. The average molecular weight is 594 g/mol. The lowest BCUT2D eigenvalue weighted by Crippen LogP contribution is -2.38. The van der Waals surface area contributed by atoms with E-state index in [0.717, 1.165) is 72.6 Å². The molecule has 2 aliphatic rings. The van der Waals surface area contributed by atoms with Crippen molar-refractivity contribution >= 4 is 40.8 Å². The van der Waals surface area contributed by atoms with Crippen LogP contribution in [0.3, 0.4) is 0 Å². The Labute approximate surface area is 253 Å². The summed E-state index contributed by atoms with van der Waals surface area (Å²) in [7, 11) is 0. The first kappa shape index (κ1) is 28.4. The summed E-state index contributed by atoms with van der Waals surface area (Å²) in [6.07, 6.45) is 5.32. The number of carbonyl (C=O) groups excluding carboxylic acids is 2. The van der Waals surface area contributed by atoms with Crippen LogP contribution in [-0.2, 0) is 11.3 Å². The number of carbonyl (C=O) groups is 2. The van der Waals surface area contributed by atoms with Gasteiger partial charge in [-0.2, -0.15) is 0 Å². The highest BCUT2D eigenvalue weighted by Gasteiger charge is 2.26. The Morgan fingerprint density at radius 3 is 2.49 bits per heavy atom. The van der Waals surface area contributed by atoms with Crippen LogP contribution < -0.4 is 26.0 Å². The molecule has 4 heterocycles. The van der Waals surface area contributed by atoms with Crippen molar-refractivity contribution in [1.29, 1.82) is 0 Å². The number of para-hydroxylation sites is 1. The fourth-order valence-corrected chi connectivity index (χ4v) is 5.77. The molecule has 2 aromatic heterocycles. The molecule has 2 aromatic carbocycles. The lowest BCUT2D eigenvalue weighted by molar-refractivity contribution is -0.115. The third kappa shape index (κ3) is 7.19. The maximum absolute atomic E-state index is 11.9. The number of anilines is 2. The molecule has 0 unspecified atom stereocenters. The molecule has 2 amide bonds. The molecule has 0 aliphatic carbocycles. The largest absolute Gasteiger partial charge is 0.457 e. The molecule has 0 spiro atoms. The molecular formula is C32H31N7O3S. The number of aromatic nitrogens is 3. The second-order valence-electron chi connectivity index (χ2n) is 10.4. The minimum Gasteiger partial charge on any atom is -0.457 e.